The number of rotatable bonds is 13. The topological polar surface area (TPSA) is 140 Å². The van der Waals surface area contributed by atoms with E-state index in [-0.39, 0.29) is 42.6 Å². The van der Waals surface area contributed by atoms with Gasteiger partial charge in [0.1, 0.15) is 17.7 Å². The van der Waals surface area contributed by atoms with Gasteiger partial charge >= 0.3 is 6.03 Å². The minimum Gasteiger partial charge on any atom is -0.485 e. The highest BCUT2D eigenvalue weighted by atomic mass is 16.5. The van der Waals surface area contributed by atoms with Gasteiger partial charge in [-0.1, -0.05) is 18.2 Å². The van der Waals surface area contributed by atoms with E-state index in [2.05, 4.69) is 15.6 Å². The van der Waals surface area contributed by atoms with Crippen molar-refractivity contribution in [2.75, 3.05) is 60.7 Å². The van der Waals surface area contributed by atoms with Gasteiger partial charge in [-0.3, -0.25) is 24.3 Å². The van der Waals surface area contributed by atoms with Gasteiger partial charge in [-0.05, 0) is 75.5 Å². The molecule has 0 saturated carbocycles. The number of amides is 4. The van der Waals surface area contributed by atoms with Gasteiger partial charge in [-0.2, -0.15) is 0 Å². The van der Waals surface area contributed by atoms with Gasteiger partial charge in [0.15, 0.2) is 5.78 Å². The molecular weight excluding hydrogens is 685 g/mol. The fraction of sp³-hybridized carbons (Fsp3) is 0.317. The summed E-state index contributed by atoms with van der Waals surface area (Å²) in [6, 6.07) is 17.0. The molecule has 1 atom stereocenters. The molecule has 2 fully saturated rings. The monoisotopic (exact) mass is 728 g/mol. The lowest BCUT2D eigenvalue weighted by Gasteiger charge is -2.28. The van der Waals surface area contributed by atoms with Crippen LogP contribution in [0.4, 0.5) is 33.4 Å². The molecule has 13 heteroatoms. The lowest BCUT2D eigenvalue weighted by molar-refractivity contribution is -0.120. The average Bonchev–Trinajstić information content (AvgIpc) is 3.75. The molecule has 1 unspecified atom stereocenters. The molecule has 54 heavy (non-hydrogen) atoms. The molecule has 5 heterocycles. The Kier molecular flexibility index (Phi) is 10.7. The molecule has 0 spiro atoms. The van der Waals surface area contributed by atoms with Crippen LogP contribution in [0.1, 0.15) is 49.8 Å². The van der Waals surface area contributed by atoms with Crippen LogP contribution in [0.15, 0.2) is 85.3 Å². The SMILES string of the molecule is CC1Oc2cc(N3CCCC3=O)ccc2-c2cnc(Nc3cncc(N4CCN(Cc5ccc(NC(=O)CCC(=O)/C=C/CN(C)C)cc5)C4=O)c3)cc21. The molecule has 4 amide bonds. The lowest BCUT2D eigenvalue weighted by Crippen LogP contribution is -2.31. The summed E-state index contributed by atoms with van der Waals surface area (Å²) in [4.78, 5) is 66.5. The number of hydrogen-bond donors (Lipinski definition) is 2. The highest BCUT2D eigenvalue weighted by Gasteiger charge is 2.31. The van der Waals surface area contributed by atoms with Gasteiger partial charge in [-0.15, -0.1) is 0 Å². The van der Waals surface area contributed by atoms with Crippen molar-refractivity contribution in [1.82, 2.24) is 19.8 Å². The van der Waals surface area contributed by atoms with Crippen molar-refractivity contribution in [2.24, 2.45) is 0 Å². The predicted molar refractivity (Wildman–Crippen MR) is 208 cm³/mol. The Morgan fingerprint density at radius 3 is 2.52 bits per heavy atom. The van der Waals surface area contributed by atoms with E-state index >= 15 is 0 Å². The Hall–Kier alpha value is -6.08. The van der Waals surface area contributed by atoms with Gasteiger partial charge in [-0.25, -0.2) is 9.78 Å². The number of aromatic nitrogens is 2. The highest BCUT2D eigenvalue weighted by molar-refractivity contribution is 5.97. The van der Waals surface area contributed by atoms with E-state index in [9.17, 15) is 19.2 Å². The zero-order chi connectivity index (χ0) is 37.8. The first-order valence-corrected chi connectivity index (χ1v) is 18.2. The Labute approximate surface area is 314 Å². The van der Waals surface area contributed by atoms with Gasteiger partial charge in [0, 0.05) is 92.3 Å². The standard InChI is InChI=1S/C41H44N8O5/c1-27-35-22-38(43-25-36(35)34-14-12-31(21-37(34)54-27)48-17-5-7-40(48)52)44-30-20-32(24-42-23-30)49-19-18-47(41(49)53)26-28-8-10-29(11-9-28)45-39(51)15-13-33(50)6-4-16-46(2)3/h4,6,8-12,14,20-25,27H,5,7,13,15-19,26H2,1-3H3,(H,43,44)(H,45,51)/b6-4+. The number of pyridine rings is 2. The number of carbonyl (C=O) groups excluding carboxylic acids is 4. The number of urea groups is 1. The number of carbonyl (C=O) groups is 4. The molecule has 0 bridgehead atoms. The van der Waals surface area contributed by atoms with Crippen molar-refractivity contribution in [3.8, 4) is 16.9 Å². The number of hydrogen-bond acceptors (Lipinski definition) is 9. The van der Waals surface area contributed by atoms with E-state index in [1.54, 1.807) is 40.4 Å². The van der Waals surface area contributed by atoms with E-state index in [0.717, 1.165) is 46.7 Å². The van der Waals surface area contributed by atoms with E-state index in [4.69, 9.17) is 9.72 Å². The second-order valence-electron chi connectivity index (χ2n) is 14.0. The van der Waals surface area contributed by atoms with Crippen molar-refractivity contribution in [1.29, 1.82) is 0 Å². The number of nitrogens with zero attached hydrogens (tertiary/aromatic N) is 6. The van der Waals surface area contributed by atoms with Gasteiger partial charge in [0.05, 0.1) is 23.8 Å². The van der Waals surface area contributed by atoms with Crippen LogP contribution < -0.4 is 25.2 Å². The average molecular weight is 729 g/mol. The summed E-state index contributed by atoms with van der Waals surface area (Å²) in [5.41, 5.74) is 6.69. The second-order valence-corrected chi connectivity index (χ2v) is 14.0. The summed E-state index contributed by atoms with van der Waals surface area (Å²) in [5, 5.41) is 6.19. The smallest absolute Gasteiger partial charge is 0.324 e. The molecule has 2 aromatic heterocycles. The minimum atomic E-state index is -0.226. The summed E-state index contributed by atoms with van der Waals surface area (Å²) in [5.74, 6) is 1.20. The molecule has 278 valence electrons. The maximum Gasteiger partial charge on any atom is 0.324 e. The lowest BCUT2D eigenvalue weighted by atomic mass is 9.94. The van der Waals surface area contributed by atoms with Gasteiger partial charge < -0.3 is 30.1 Å². The van der Waals surface area contributed by atoms with Crippen molar-refractivity contribution in [3.63, 3.8) is 0 Å². The van der Waals surface area contributed by atoms with Crippen LogP contribution in [0.5, 0.6) is 5.75 Å². The normalized spacial score (nSPS) is 16.5. The first-order chi connectivity index (χ1) is 26.1. The second kappa shape index (κ2) is 15.9. The molecule has 13 nitrogen and oxygen atoms in total. The number of likely N-dealkylation sites (N-methyl/N-ethyl adjacent to an activating group) is 1. The third-order valence-corrected chi connectivity index (χ3v) is 9.70. The largest absolute Gasteiger partial charge is 0.485 e. The zero-order valence-corrected chi connectivity index (χ0v) is 30.7. The molecule has 0 aliphatic carbocycles. The minimum absolute atomic E-state index is 0.0813. The Bertz CT molecular complexity index is 2100. The third-order valence-electron chi connectivity index (χ3n) is 9.70. The first kappa shape index (κ1) is 36.3. The quantitative estimate of drug-likeness (QED) is 0.152. The molecule has 3 aliphatic heterocycles. The van der Waals surface area contributed by atoms with Crippen LogP contribution in [0.3, 0.4) is 0 Å². The highest BCUT2D eigenvalue weighted by Crippen LogP contribution is 2.44. The molecule has 2 saturated heterocycles. The number of ketones is 1. The number of nitrogens with one attached hydrogen (secondary N) is 2. The van der Waals surface area contributed by atoms with Crippen LogP contribution in [0, 0.1) is 0 Å². The van der Waals surface area contributed by atoms with E-state index < -0.39 is 0 Å². The molecule has 7 rings (SSSR count). The molecule has 0 radical (unpaired) electrons. The van der Waals surface area contributed by atoms with Crippen molar-refractivity contribution in [3.05, 3.63) is 96.5 Å². The van der Waals surface area contributed by atoms with Crippen LogP contribution in [-0.2, 0) is 20.9 Å². The molecule has 2 aromatic carbocycles. The number of ether oxygens (including phenoxy) is 1. The number of benzene rings is 2. The van der Waals surface area contributed by atoms with Crippen LogP contribution in [0.25, 0.3) is 11.1 Å². The first-order valence-electron chi connectivity index (χ1n) is 18.2. The summed E-state index contributed by atoms with van der Waals surface area (Å²) in [6.07, 6.45) is 9.99. The van der Waals surface area contributed by atoms with Gasteiger partial charge in [0.25, 0.3) is 0 Å². The zero-order valence-electron chi connectivity index (χ0n) is 30.7. The van der Waals surface area contributed by atoms with Crippen LogP contribution in [-0.4, -0.2) is 83.7 Å². The summed E-state index contributed by atoms with van der Waals surface area (Å²) in [6.45, 7) is 4.87. The molecule has 2 N–H and O–H groups in total. The number of allylic oxidation sites excluding steroid dienone is 1. The Morgan fingerprint density at radius 2 is 1.74 bits per heavy atom. The summed E-state index contributed by atoms with van der Waals surface area (Å²) in [7, 11) is 3.84. The molecule has 3 aliphatic rings. The number of fused-ring (bicyclic) bond motifs is 3. The maximum absolute atomic E-state index is 13.5. The van der Waals surface area contributed by atoms with E-state index in [1.807, 2.05) is 79.5 Å². The fourth-order valence-electron chi connectivity index (χ4n) is 6.89. The van der Waals surface area contributed by atoms with E-state index in [0.29, 0.717) is 55.5 Å². The van der Waals surface area contributed by atoms with Crippen LogP contribution >= 0.6 is 0 Å². The summed E-state index contributed by atoms with van der Waals surface area (Å²) >= 11 is 0. The Morgan fingerprint density at radius 1 is 0.907 bits per heavy atom. The fourth-order valence-corrected chi connectivity index (χ4v) is 6.89. The van der Waals surface area contributed by atoms with Crippen molar-refractivity contribution < 1.29 is 23.9 Å². The van der Waals surface area contributed by atoms with E-state index in [1.165, 1.54) is 6.08 Å². The Balaban J connectivity index is 0.939. The number of anilines is 5. The molecular formula is C41H44N8O5. The van der Waals surface area contributed by atoms with Crippen LogP contribution in [0.2, 0.25) is 0 Å². The molecule has 4 aromatic rings. The van der Waals surface area contributed by atoms with Crippen molar-refractivity contribution >= 4 is 52.2 Å². The maximum atomic E-state index is 13.5. The van der Waals surface area contributed by atoms with Gasteiger partial charge in [0.2, 0.25) is 11.8 Å². The third kappa shape index (κ3) is 8.26. The summed E-state index contributed by atoms with van der Waals surface area (Å²) < 4.78 is 6.32. The predicted octanol–water partition coefficient (Wildman–Crippen LogP) is 6.32. The van der Waals surface area contributed by atoms with Crippen molar-refractivity contribution in [2.45, 2.75) is 45.3 Å².